The molecule has 1 aliphatic carbocycles. The molecule has 2 heteroatoms. The maximum Gasteiger partial charge on any atom is 0.309 e. The molecule has 0 saturated heterocycles. The number of carbonyl (C=O) groups excluding carboxylic acids is 1. The van der Waals surface area contributed by atoms with Crippen molar-refractivity contribution >= 4 is 5.97 Å². The summed E-state index contributed by atoms with van der Waals surface area (Å²) in [5.74, 6) is 1.97. The highest BCUT2D eigenvalue weighted by molar-refractivity contribution is 5.73. The SMILES string of the molecule is CCOC(=O)[C@@H]1C[C@H](C)CC[C@H]1C(C)C. The van der Waals surface area contributed by atoms with Gasteiger partial charge in [-0.25, -0.2) is 0 Å². The van der Waals surface area contributed by atoms with Crippen molar-refractivity contribution in [2.45, 2.75) is 47.0 Å². The van der Waals surface area contributed by atoms with Gasteiger partial charge in [0.2, 0.25) is 0 Å². The van der Waals surface area contributed by atoms with Crippen LogP contribution in [0.25, 0.3) is 0 Å². The van der Waals surface area contributed by atoms with Gasteiger partial charge in [0, 0.05) is 0 Å². The maximum atomic E-state index is 11.8. The van der Waals surface area contributed by atoms with Crippen LogP contribution in [-0.2, 0) is 9.53 Å². The second-order valence-corrected chi connectivity index (χ2v) is 5.18. The Balaban J connectivity index is 2.65. The molecule has 0 spiro atoms. The molecule has 0 aromatic rings. The van der Waals surface area contributed by atoms with E-state index in [0.29, 0.717) is 24.4 Å². The zero-order chi connectivity index (χ0) is 11.4. The first-order valence-electron chi connectivity index (χ1n) is 6.22. The molecule has 0 radical (unpaired) electrons. The van der Waals surface area contributed by atoms with Gasteiger partial charge in [0.25, 0.3) is 0 Å². The van der Waals surface area contributed by atoms with E-state index in [1.54, 1.807) is 0 Å². The normalized spacial score (nSPS) is 31.7. The van der Waals surface area contributed by atoms with Gasteiger partial charge in [-0.05, 0) is 37.5 Å². The fraction of sp³-hybridized carbons (Fsp3) is 0.923. The Kier molecular flexibility index (Phi) is 4.62. The van der Waals surface area contributed by atoms with Crippen molar-refractivity contribution in [2.75, 3.05) is 6.61 Å². The Morgan fingerprint density at radius 3 is 2.60 bits per heavy atom. The largest absolute Gasteiger partial charge is 0.466 e. The third-order valence-corrected chi connectivity index (χ3v) is 3.61. The molecule has 0 heterocycles. The van der Waals surface area contributed by atoms with E-state index in [1.165, 1.54) is 12.8 Å². The van der Waals surface area contributed by atoms with Crippen LogP contribution in [0.4, 0.5) is 0 Å². The highest BCUT2D eigenvalue weighted by Gasteiger charge is 2.36. The number of ether oxygens (including phenoxy) is 1. The summed E-state index contributed by atoms with van der Waals surface area (Å²) in [6.07, 6.45) is 3.46. The summed E-state index contributed by atoms with van der Waals surface area (Å²) >= 11 is 0. The molecular formula is C13H24O2. The Morgan fingerprint density at radius 2 is 2.07 bits per heavy atom. The number of rotatable bonds is 3. The van der Waals surface area contributed by atoms with Gasteiger partial charge in [-0.1, -0.05) is 27.2 Å². The Hall–Kier alpha value is -0.530. The molecule has 0 amide bonds. The molecule has 0 unspecified atom stereocenters. The topological polar surface area (TPSA) is 26.3 Å². The molecule has 0 bridgehead atoms. The lowest BCUT2D eigenvalue weighted by Gasteiger charge is -2.35. The van der Waals surface area contributed by atoms with E-state index in [4.69, 9.17) is 4.74 Å². The van der Waals surface area contributed by atoms with Gasteiger partial charge in [0.05, 0.1) is 12.5 Å². The van der Waals surface area contributed by atoms with Crippen LogP contribution in [-0.4, -0.2) is 12.6 Å². The molecule has 3 atom stereocenters. The van der Waals surface area contributed by atoms with Crippen molar-refractivity contribution in [1.29, 1.82) is 0 Å². The van der Waals surface area contributed by atoms with Crippen molar-refractivity contribution < 1.29 is 9.53 Å². The number of esters is 1. The number of hydrogen-bond donors (Lipinski definition) is 0. The summed E-state index contributed by atoms with van der Waals surface area (Å²) in [6, 6.07) is 0. The Labute approximate surface area is 93.4 Å². The van der Waals surface area contributed by atoms with Gasteiger partial charge in [0.15, 0.2) is 0 Å². The van der Waals surface area contributed by atoms with Crippen molar-refractivity contribution in [3.05, 3.63) is 0 Å². The van der Waals surface area contributed by atoms with E-state index in [2.05, 4.69) is 20.8 Å². The van der Waals surface area contributed by atoms with Crippen LogP contribution in [0.15, 0.2) is 0 Å². The standard InChI is InChI=1S/C13H24O2/c1-5-15-13(14)12-8-10(4)6-7-11(12)9(2)3/h9-12H,5-8H2,1-4H3/t10-,11+,12-/m1/s1. The summed E-state index contributed by atoms with van der Waals surface area (Å²) in [5.41, 5.74) is 0. The summed E-state index contributed by atoms with van der Waals surface area (Å²) in [6.45, 7) is 9.06. The second kappa shape index (κ2) is 5.53. The molecule has 2 nitrogen and oxygen atoms in total. The minimum atomic E-state index is 0.0303. The molecular weight excluding hydrogens is 188 g/mol. The van der Waals surface area contributed by atoms with Crippen LogP contribution in [0.2, 0.25) is 0 Å². The summed E-state index contributed by atoms with van der Waals surface area (Å²) in [5, 5.41) is 0. The maximum absolute atomic E-state index is 11.8. The quantitative estimate of drug-likeness (QED) is 0.671. The number of hydrogen-bond acceptors (Lipinski definition) is 2. The van der Waals surface area contributed by atoms with Crippen molar-refractivity contribution in [3.63, 3.8) is 0 Å². The van der Waals surface area contributed by atoms with Gasteiger partial charge in [-0.2, -0.15) is 0 Å². The molecule has 0 aromatic carbocycles. The lowest BCUT2D eigenvalue weighted by Crippen LogP contribution is -2.34. The van der Waals surface area contributed by atoms with Gasteiger partial charge < -0.3 is 4.74 Å². The van der Waals surface area contributed by atoms with E-state index in [1.807, 2.05) is 6.92 Å². The van der Waals surface area contributed by atoms with E-state index >= 15 is 0 Å². The van der Waals surface area contributed by atoms with Gasteiger partial charge in [-0.3, -0.25) is 4.79 Å². The number of carbonyl (C=O) groups is 1. The van der Waals surface area contributed by atoms with Crippen molar-refractivity contribution in [1.82, 2.24) is 0 Å². The summed E-state index contributed by atoms with van der Waals surface area (Å²) in [7, 11) is 0. The zero-order valence-corrected chi connectivity index (χ0v) is 10.5. The average Bonchev–Trinajstić information content (AvgIpc) is 2.17. The first kappa shape index (κ1) is 12.5. The fourth-order valence-corrected chi connectivity index (χ4v) is 2.72. The van der Waals surface area contributed by atoms with Crippen molar-refractivity contribution in [2.24, 2.45) is 23.7 Å². The molecule has 0 aliphatic heterocycles. The molecule has 0 aromatic heterocycles. The van der Waals surface area contributed by atoms with E-state index < -0.39 is 0 Å². The molecule has 1 fully saturated rings. The summed E-state index contributed by atoms with van der Waals surface area (Å²) in [4.78, 5) is 11.8. The molecule has 0 N–H and O–H groups in total. The van der Waals surface area contributed by atoms with E-state index in [-0.39, 0.29) is 11.9 Å². The van der Waals surface area contributed by atoms with Crippen LogP contribution >= 0.6 is 0 Å². The molecule has 1 saturated carbocycles. The van der Waals surface area contributed by atoms with Crippen LogP contribution < -0.4 is 0 Å². The van der Waals surface area contributed by atoms with Crippen LogP contribution in [0, 0.1) is 23.7 Å². The van der Waals surface area contributed by atoms with Gasteiger partial charge in [-0.15, -0.1) is 0 Å². The lowest BCUT2D eigenvalue weighted by atomic mass is 9.70. The predicted molar refractivity (Wildman–Crippen MR) is 61.5 cm³/mol. The minimum Gasteiger partial charge on any atom is -0.466 e. The fourth-order valence-electron chi connectivity index (χ4n) is 2.72. The highest BCUT2D eigenvalue weighted by atomic mass is 16.5. The first-order valence-corrected chi connectivity index (χ1v) is 6.22. The van der Waals surface area contributed by atoms with E-state index in [0.717, 1.165) is 6.42 Å². The summed E-state index contributed by atoms with van der Waals surface area (Å²) < 4.78 is 5.17. The van der Waals surface area contributed by atoms with E-state index in [9.17, 15) is 4.79 Å². The molecule has 88 valence electrons. The monoisotopic (exact) mass is 212 g/mol. The van der Waals surface area contributed by atoms with Gasteiger partial charge in [0.1, 0.15) is 0 Å². The van der Waals surface area contributed by atoms with Crippen LogP contribution in [0.5, 0.6) is 0 Å². The highest BCUT2D eigenvalue weighted by Crippen LogP contribution is 2.38. The Morgan fingerprint density at radius 1 is 1.40 bits per heavy atom. The minimum absolute atomic E-state index is 0.0303. The smallest absolute Gasteiger partial charge is 0.309 e. The van der Waals surface area contributed by atoms with Crippen LogP contribution in [0.3, 0.4) is 0 Å². The Bertz CT molecular complexity index is 211. The molecule has 1 rings (SSSR count). The second-order valence-electron chi connectivity index (χ2n) is 5.18. The van der Waals surface area contributed by atoms with Gasteiger partial charge >= 0.3 is 5.97 Å². The molecule has 1 aliphatic rings. The predicted octanol–water partition coefficient (Wildman–Crippen LogP) is 3.26. The average molecular weight is 212 g/mol. The third-order valence-electron chi connectivity index (χ3n) is 3.61. The first-order chi connectivity index (χ1) is 7.06. The van der Waals surface area contributed by atoms with Crippen molar-refractivity contribution in [3.8, 4) is 0 Å². The van der Waals surface area contributed by atoms with Crippen LogP contribution in [0.1, 0.15) is 47.0 Å². The molecule has 15 heavy (non-hydrogen) atoms. The third kappa shape index (κ3) is 3.22. The zero-order valence-electron chi connectivity index (χ0n) is 10.5. The lowest BCUT2D eigenvalue weighted by molar-refractivity contribution is -0.152.